The highest BCUT2D eigenvalue weighted by molar-refractivity contribution is 6.02. The summed E-state index contributed by atoms with van der Waals surface area (Å²) in [6.45, 7) is 3.89. The predicted octanol–water partition coefficient (Wildman–Crippen LogP) is 2.48. The van der Waals surface area contributed by atoms with Gasteiger partial charge in [-0.3, -0.25) is 9.78 Å². The van der Waals surface area contributed by atoms with Gasteiger partial charge in [0.05, 0.1) is 13.3 Å². The molecule has 1 aromatic heterocycles. The number of carbonyl (C=O) groups is 1. The Hall–Kier alpha value is -1.42. The maximum Gasteiger partial charge on any atom is 0.196 e. The van der Waals surface area contributed by atoms with Gasteiger partial charge in [0.1, 0.15) is 11.4 Å². The molecule has 0 unspecified atom stereocenters. The Bertz CT molecular complexity index is 378. The van der Waals surface area contributed by atoms with Gasteiger partial charge in [-0.05, 0) is 18.9 Å². The lowest BCUT2D eigenvalue weighted by atomic mass is 9.88. The number of ether oxygens (including phenoxy) is 2. The zero-order valence-electron chi connectivity index (χ0n) is 10.8. The number of nitrogens with zero attached hydrogens (tertiary/aromatic N) is 1. The molecular weight excluding hydrogens is 218 g/mol. The van der Waals surface area contributed by atoms with Gasteiger partial charge in [0, 0.05) is 18.9 Å². The summed E-state index contributed by atoms with van der Waals surface area (Å²) in [6, 6.07) is 1.69. The molecule has 0 aliphatic heterocycles. The maximum absolute atomic E-state index is 12.4. The molecule has 0 spiro atoms. The normalized spacial score (nSPS) is 11.3. The van der Waals surface area contributed by atoms with E-state index in [0.29, 0.717) is 24.2 Å². The standard InChI is InChI=1S/C13H19NO3/c1-5-13(6-2,17-4)12(15)10-7-11(16-3)9-14-8-10/h7-9H,5-6H2,1-4H3. The fraction of sp³-hybridized carbons (Fsp3) is 0.538. The van der Waals surface area contributed by atoms with E-state index >= 15 is 0 Å². The molecule has 0 atom stereocenters. The Morgan fingerprint density at radius 3 is 2.41 bits per heavy atom. The zero-order chi connectivity index (χ0) is 12.9. The minimum atomic E-state index is -0.756. The summed E-state index contributed by atoms with van der Waals surface area (Å²) in [4.78, 5) is 16.4. The number of pyridine rings is 1. The first-order valence-electron chi connectivity index (χ1n) is 5.72. The minimum Gasteiger partial charge on any atom is -0.495 e. The topological polar surface area (TPSA) is 48.4 Å². The second kappa shape index (κ2) is 5.77. The van der Waals surface area contributed by atoms with Crippen LogP contribution in [0.3, 0.4) is 0 Å². The minimum absolute atomic E-state index is 0.0450. The molecule has 1 aromatic rings. The first-order chi connectivity index (χ1) is 8.13. The van der Waals surface area contributed by atoms with Crippen LogP contribution in [0.2, 0.25) is 0 Å². The van der Waals surface area contributed by atoms with Crippen LogP contribution in [0.25, 0.3) is 0 Å². The van der Waals surface area contributed by atoms with Crippen LogP contribution >= 0.6 is 0 Å². The van der Waals surface area contributed by atoms with Crippen LogP contribution in [0.5, 0.6) is 5.75 Å². The van der Waals surface area contributed by atoms with Crippen molar-refractivity contribution >= 4 is 5.78 Å². The molecule has 4 nitrogen and oxygen atoms in total. The molecule has 0 fully saturated rings. The molecule has 17 heavy (non-hydrogen) atoms. The Morgan fingerprint density at radius 1 is 1.29 bits per heavy atom. The SMILES string of the molecule is CCC(CC)(OC)C(=O)c1cncc(OC)c1. The van der Waals surface area contributed by atoms with E-state index in [4.69, 9.17) is 9.47 Å². The molecule has 94 valence electrons. The van der Waals surface area contributed by atoms with E-state index < -0.39 is 5.60 Å². The lowest BCUT2D eigenvalue weighted by Gasteiger charge is -2.28. The van der Waals surface area contributed by atoms with Crippen molar-refractivity contribution in [2.24, 2.45) is 0 Å². The van der Waals surface area contributed by atoms with Gasteiger partial charge in [-0.15, -0.1) is 0 Å². The van der Waals surface area contributed by atoms with Crippen LogP contribution in [0.15, 0.2) is 18.5 Å². The fourth-order valence-corrected chi connectivity index (χ4v) is 1.87. The first-order valence-corrected chi connectivity index (χ1v) is 5.72. The highest BCUT2D eigenvalue weighted by Gasteiger charge is 2.35. The van der Waals surface area contributed by atoms with E-state index in [1.807, 2.05) is 13.8 Å². The van der Waals surface area contributed by atoms with E-state index in [1.165, 1.54) is 0 Å². The molecule has 0 radical (unpaired) electrons. The summed E-state index contributed by atoms with van der Waals surface area (Å²) < 4.78 is 10.5. The summed E-state index contributed by atoms with van der Waals surface area (Å²) in [5, 5.41) is 0. The largest absolute Gasteiger partial charge is 0.495 e. The van der Waals surface area contributed by atoms with Gasteiger partial charge in [-0.25, -0.2) is 0 Å². The molecule has 0 amide bonds. The van der Waals surface area contributed by atoms with Crippen LogP contribution < -0.4 is 4.74 Å². The van der Waals surface area contributed by atoms with Crippen LogP contribution in [-0.2, 0) is 4.74 Å². The smallest absolute Gasteiger partial charge is 0.196 e. The van der Waals surface area contributed by atoms with Gasteiger partial charge in [0.25, 0.3) is 0 Å². The Labute approximate surface area is 102 Å². The quantitative estimate of drug-likeness (QED) is 0.713. The molecule has 0 N–H and O–H groups in total. The monoisotopic (exact) mass is 237 g/mol. The molecule has 0 saturated heterocycles. The number of hydrogen-bond acceptors (Lipinski definition) is 4. The molecule has 1 rings (SSSR count). The van der Waals surface area contributed by atoms with Gasteiger partial charge in [0.15, 0.2) is 5.78 Å². The second-order valence-electron chi connectivity index (χ2n) is 3.85. The molecule has 0 aromatic carbocycles. The molecule has 0 aliphatic carbocycles. The summed E-state index contributed by atoms with van der Waals surface area (Å²) in [6.07, 6.45) is 4.39. The summed E-state index contributed by atoms with van der Waals surface area (Å²) in [5.74, 6) is 0.532. The molecule has 0 bridgehead atoms. The maximum atomic E-state index is 12.4. The third-order valence-corrected chi connectivity index (χ3v) is 3.16. The average Bonchev–Trinajstić information content (AvgIpc) is 2.41. The van der Waals surface area contributed by atoms with Crippen molar-refractivity contribution in [1.29, 1.82) is 0 Å². The number of methoxy groups -OCH3 is 2. The summed E-state index contributed by atoms with van der Waals surface area (Å²) in [5.41, 5.74) is -0.233. The lowest BCUT2D eigenvalue weighted by molar-refractivity contribution is -0.00266. The molecule has 0 aliphatic rings. The lowest BCUT2D eigenvalue weighted by Crippen LogP contribution is -2.39. The van der Waals surface area contributed by atoms with Gasteiger partial charge < -0.3 is 9.47 Å². The van der Waals surface area contributed by atoms with Crippen molar-refractivity contribution in [3.8, 4) is 5.75 Å². The van der Waals surface area contributed by atoms with Crippen LogP contribution in [0.4, 0.5) is 0 Å². The van der Waals surface area contributed by atoms with Crippen molar-refractivity contribution in [2.45, 2.75) is 32.3 Å². The van der Waals surface area contributed by atoms with E-state index in [0.717, 1.165) is 0 Å². The number of rotatable bonds is 6. The average molecular weight is 237 g/mol. The molecular formula is C13H19NO3. The van der Waals surface area contributed by atoms with Crippen LogP contribution in [0, 0.1) is 0 Å². The third kappa shape index (κ3) is 2.64. The van der Waals surface area contributed by atoms with Gasteiger partial charge >= 0.3 is 0 Å². The van der Waals surface area contributed by atoms with E-state index in [1.54, 1.807) is 32.7 Å². The van der Waals surface area contributed by atoms with Crippen LogP contribution in [0.1, 0.15) is 37.0 Å². The number of hydrogen-bond donors (Lipinski definition) is 0. The fourth-order valence-electron chi connectivity index (χ4n) is 1.87. The molecule has 1 heterocycles. The first kappa shape index (κ1) is 13.6. The second-order valence-corrected chi connectivity index (χ2v) is 3.85. The Kier molecular flexibility index (Phi) is 4.63. The highest BCUT2D eigenvalue weighted by Crippen LogP contribution is 2.25. The molecule has 4 heteroatoms. The number of ketones is 1. The molecule has 0 saturated carbocycles. The van der Waals surface area contributed by atoms with Crippen molar-refractivity contribution in [3.05, 3.63) is 24.0 Å². The van der Waals surface area contributed by atoms with E-state index in [-0.39, 0.29) is 5.78 Å². The van der Waals surface area contributed by atoms with Crippen molar-refractivity contribution < 1.29 is 14.3 Å². The highest BCUT2D eigenvalue weighted by atomic mass is 16.5. The van der Waals surface area contributed by atoms with Crippen molar-refractivity contribution in [2.75, 3.05) is 14.2 Å². The number of Topliss-reactive ketones (excluding diaryl/α,β-unsaturated/α-hetero) is 1. The number of aromatic nitrogens is 1. The zero-order valence-corrected chi connectivity index (χ0v) is 10.8. The Morgan fingerprint density at radius 2 is 1.94 bits per heavy atom. The summed E-state index contributed by atoms with van der Waals surface area (Å²) >= 11 is 0. The summed E-state index contributed by atoms with van der Waals surface area (Å²) in [7, 11) is 3.12. The van der Waals surface area contributed by atoms with Gasteiger partial charge in [0.2, 0.25) is 0 Å². The predicted molar refractivity (Wildman–Crippen MR) is 65.4 cm³/mol. The van der Waals surface area contributed by atoms with Crippen molar-refractivity contribution in [1.82, 2.24) is 4.98 Å². The van der Waals surface area contributed by atoms with E-state index in [9.17, 15) is 4.79 Å². The number of carbonyl (C=O) groups excluding carboxylic acids is 1. The van der Waals surface area contributed by atoms with Crippen LogP contribution in [-0.4, -0.2) is 30.6 Å². The third-order valence-electron chi connectivity index (χ3n) is 3.16. The van der Waals surface area contributed by atoms with Crippen molar-refractivity contribution in [3.63, 3.8) is 0 Å². The Balaban J connectivity index is 3.09. The van der Waals surface area contributed by atoms with Gasteiger partial charge in [-0.1, -0.05) is 13.8 Å². The van der Waals surface area contributed by atoms with E-state index in [2.05, 4.69) is 4.98 Å². The van der Waals surface area contributed by atoms with Gasteiger partial charge in [-0.2, -0.15) is 0 Å².